The summed E-state index contributed by atoms with van der Waals surface area (Å²) in [6.07, 6.45) is 16.5. The van der Waals surface area contributed by atoms with Crippen LogP contribution in [0.3, 0.4) is 0 Å². The van der Waals surface area contributed by atoms with Gasteiger partial charge in [0.15, 0.2) is 0 Å². The molecule has 3 aromatic rings. The molecular weight excluding hydrogens is 667 g/mol. The molecule has 3 heterocycles. The normalized spacial score (nSPS) is 26.5. The largest absolute Gasteiger partial charge is 0.496 e. The molecule has 2 bridgehead atoms. The Morgan fingerprint density at radius 3 is 2.26 bits per heavy atom. The van der Waals surface area contributed by atoms with Crippen LogP contribution in [0.25, 0.3) is 11.1 Å². The molecular formula is C43H59N5O5. The van der Waals surface area contributed by atoms with Crippen LogP contribution in [0.5, 0.6) is 5.75 Å². The molecule has 4 saturated carbocycles. The maximum atomic E-state index is 14.8. The summed E-state index contributed by atoms with van der Waals surface area (Å²) < 4.78 is 13.5. The van der Waals surface area contributed by atoms with E-state index in [0.29, 0.717) is 51.1 Å². The molecule has 53 heavy (non-hydrogen) atoms. The van der Waals surface area contributed by atoms with Crippen molar-refractivity contribution in [3.8, 4) is 16.9 Å². The average Bonchev–Trinajstić information content (AvgIpc) is 3.68. The van der Waals surface area contributed by atoms with E-state index in [2.05, 4.69) is 62.8 Å². The van der Waals surface area contributed by atoms with E-state index in [-0.39, 0.29) is 40.4 Å². The van der Waals surface area contributed by atoms with Gasteiger partial charge in [0.25, 0.3) is 0 Å². The second kappa shape index (κ2) is 14.4. The van der Waals surface area contributed by atoms with Crippen LogP contribution in [0.15, 0.2) is 48.9 Å². The third kappa shape index (κ3) is 7.32. The number of pyridine rings is 1. The molecule has 0 radical (unpaired) electrons. The van der Waals surface area contributed by atoms with Crippen molar-refractivity contribution in [1.82, 2.24) is 19.7 Å². The molecule has 0 spiro atoms. The predicted octanol–water partition coefficient (Wildman–Crippen LogP) is 8.18. The van der Waals surface area contributed by atoms with Crippen LogP contribution in [-0.2, 0) is 20.5 Å². The molecule has 5 aliphatic rings. The summed E-state index contributed by atoms with van der Waals surface area (Å²) in [6.45, 7) is 11.7. The Labute approximate surface area is 315 Å². The summed E-state index contributed by atoms with van der Waals surface area (Å²) in [5.74, 6) is 1.60. The highest BCUT2D eigenvalue weighted by molar-refractivity contribution is 5.95. The molecule has 10 nitrogen and oxygen atoms in total. The van der Waals surface area contributed by atoms with E-state index in [4.69, 9.17) is 19.6 Å². The minimum absolute atomic E-state index is 0.0384. The number of ether oxygens (including phenoxy) is 2. The molecule has 2 amide bonds. The lowest BCUT2D eigenvalue weighted by Crippen LogP contribution is -2.62. The maximum absolute atomic E-state index is 14.8. The Morgan fingerprint density at radius 2 is 1.66 bits per heavy atom. The van der Waals surface area contributed by atoms with Gasteiger partial charge >= 0.3 is 6.09 Å². The highest BCUT2D eigenvalue weighted by Gasteiger charge is 2.51. The van der Waals surface area contributed by atoms with Crippen molar-refractivity contribution in [3.05, 3.63) is 60.0 Å². The number of hydrogen-bond donors (Lipinski definition) is 1. The monoisotopic (exact) mass is 725 g/mol. The van der Waals surface area contributed by atoms with Crippen molar-refractivity contribution < 1.29 is 24.2 Å². The van der Waals surface area contributed by atoms with Crippen LogP contribution in [0.4, 0.5) is 10.6 Å². The number of fused-ring (bicyclic) bond motifs is 3. The summed E-state index contributed by atoms with van der Waals surface area (Å²) in [5.41, 5.74) is 3.96. The van der Waals surface area contributed by atoms with Crippen molar-refractivity contribution in [2.45, 2.75) is 134 Å². The number of benzene rings is 1. The Balaban J connectivity index is 1.10. The number of nitrogens with zero attached hydrogens (tertiary/aromatic N) is 5. The van der Waals surface area contributed by atoms with E-state index in [1.54, 1.807) is 18.9 Å². The lowest BCUT2D eigenvalue weighted by molar-refractivity contribution is -0.125. The average molecular weight is 726 g/mol. The standard InChI is InChI=1S/C43H59N5O5/c1-7-40(4,8-2)48-26-33(25-45-48)32-15-22-44-37(24-32)47(38(49)31-9-12-35(13-10-31)53-39(50)46-27-41(5,51)28-46)29-42-16-19-43(20-17-42,21-18-42)34-11-14-36(52-6)30(3)23-34/h11,14-15,22-26,31,35,51H,7-10,12-13,16-21,27-29H2,1-6H3. The SMILES string of the molecule is CCC(C)(CC)n1cc(-c2ccnc(N(CC34CCC(c5ccc(OC)c(C)c5)(CC3)CC4)C(=O)C3CCC(OC(=O)N4CC(C)(O)C4)CC3)c2)cn1. The number of aromatic nitrogens is 3. The Hall–Kier alpha value is -3.92. The molecule has 286 valence electrons. The highest BCUT2D eigenvalue weighted by atomic mass is 16.6. The number of aryl methyl sites for hydroxylation is 1. The highest BCUT2D eigenvalue weighted by Crippen LogP contribution is 2.58. The molecule has 1 saturated heterocycles. The minimum Gasteiger partial charge on any atom is -0.496 e. The fourth-order valence-electron chi connectivity index (χ4n) is 9.61. The van der Waals surface area contributed by atoms with E-state index >= 15 is 0 Å². The smallest absolute Gasteiger partial charge is 0.410 e. The third-order valence-electron chi connectivity index (χ3n) is 13.8. The van der Waals surface area contributed by atoms with Crippen molar-refractivity contribution in [3.63, 3.8) is 0 Å². The summed E-state index contributed by atoms with van der Waals surface area (Å²) in [5, 5.41) is 14.8. The molecule has 2 aromatic heterocycles. The molecule has 1 aromatic carbocycles. The van der Waals surface area contributed by atoms with Gasteiger partial charge < -0.3 is 19.5 Å². The molecule has 5 fully saturated rings. The van der Waals surface area contributed by atoms with Gasteiger partial charge in [-0.15, -0.1) is 0 Å². The van der Waals surface area contributed by atoms with Gasteiger partial charge in [-0.05, 0) is 144 Å². The summed E-state index contributed by atoms with van der Waals surface area (Å²) in [6, 6.07) is 10.8. The first-order valence-electron chi connectivity index (χ1n) is 20.0. The molecule has 0 unspecified atom stereocenters. The van der Waals surface area contributed by atoms with Crippen molar-refractivity contribution in [2.24, 2.45) is 11.3 Å². The summed E-state index contributed by atoms with van der Waals surface area (Å²) >= 11 is 0. The van der Waals surface area contributed by atoms with Gasteiger partial charge in [-0.1, -0.05) is 26.0 Å². The second-order valence-electron chi connectivity index (χ2n) is 17.4. The van der Waals surface area contributed by atoms with Crippen LogP contribution in [0.2, 0.25) is 0 Å². The van der Waals surface area contributed by atoms with E-state index in [1.807, 2.05) is 23.4 Å². The van der Waals surface area contributed by atoms with E-state index in [0.717, 1.165) is 68.2 Å². The fourth-order valence-corrected chi connectivity index (χ4v) is 9.61. The first-order chi connectivity index (χ1) is 25.3. The second-order valence-corrected chi connectivity index (χ2v) is 17.4. The first-order valence-corrected chi connectivity index (χ1v) is 20.0. The Kier molecular flexibility index (Phi) is 10.1. The molecule has 1 aliphatic heterocycles. The lowest BCUT2D eigenvalue weighted by Gasteiger charge is -2.55. The molecule has 4 aliphatic carbocycles. The van der Waals surface area contributed by atoms with Crippen LogP contribution < -0.4 is 9.64 Å². The quantitative estimate of drug-likeness (QED) is 0.212. The summed E-state index contributed by atoms with van der Waals surface area (Å²) in [7, 11) is 1.73. The van der Waals surface area contributed by atoms with Crippen LogP contribution in [0.1, 0.15) is 116 Å². The number of anilines is 1. The van der Waals surface area contributed by atoms with Crippen LogP contribution >= 0.6 is 0 Å². The fraction of sp³-hybridized carbons (Fsp3) is 0.628. The maximum Gasteiger partial charge on any atom is 0.410 e. The van der Waals surface area contributed by atoms with Crippen LogP contribution in [0, 0.1) is 18.3 Å². The van der Waals surface area contributed by atoms with Crippen LogP contribution in [-0.4, -0.2) is 75.2 Å². The number of aliphatic hydroxyl groups is 1. The third-order valence-corrected chi connectivity index (χ3v) is 13.8. The number of likely N-dealkylation sites (tertiary alicyclic amines) is 1. The number of amides is 2. The predicted molar refractivity (Wildman–Crippen MR) is 206 cm³/mol. The zero-order valence-electron chi connectivity index (χ0n) is 32.7. The van der Waals surface area contributed by atoms with Crippen molar-refractivity contribution in [2.75, 3.05) is 31.6 Å². The Morgan fingerprint density at radius 1 is 0.981 bits per heavy atom. The van der Waals surface area contributed by atoms with Crippen molar-refractivity contribution >= 4 is 17.8 Å². The minimum atomic E-state index is -0.837. The van der Waals surface area contributed by atoms with Gasteiger partial charge in [-0.3, -0.25) is 14.4 Å². The topological polar surface area (TPSA) is 110 Å². The van der Waals surface area contributed by atoms with Gasteiger partial charge in [0.1, 0.15) is 17.7 Å². The van der Waals surface area contributed by atoms with Gasteiger partial charge in [-0.25, -0.2) is 9.78 Å². The zero-order chi connectivity index (χ0) is 37.6. The number of carbonyl (C=O) groups is 2. The Bertz CT molecular complexity index is 1770. The molecule has 10 heteroatoms. The number of methoxy groups -OCH3 is 1. The van der Waals surface area contributed by atoms with E-state index < -0.39 is 5.60 Å². The van der Waals surface area contributed by atoms with Gasteiger partial charge in [0.2, 0.25) is 5.91 Å². The van der Waals surface area contributed by atoms with E-state index in [1.165, 1.54) is 11.1 Å². The van der Waals surface area contributed by atoms with Gasteiger partial charge in [-0.2, -0.15) is 5.10 Å². The zero-order valence-corrected chi connectivity index (χ0v) is 32.7. The number of β-amino-alcohol motifs (C(OH)–C–C–N with tert-alkyl or cyclic N) is 1. The van der Waals surface area contributed by atoms with Crippen molar-refractivity contribution in [1.29, 1.82) is 0 Å². The molecule has 8 rings (SSSR count). The van der Waals surface area contributed by atoms with Gasteiger partial charge in [0, 0.05) is 30.4 Å². The van der Waals surface area contributed by atoms with E-state index in [9.17, 15) is 14.7 Å². The molecule has 1 N–H and O–H groups in total. The lowest BCUT2D eigenvalue weighted by atomic mass is 9.51. The number of hydrogen-bond acceptors (Lipinski definition) is 7. The number of carbonyl (C=O) groups excluding carboxylic acids is 2. The first kappa shape index (κ1) is 37.4. The van der Waals surface area contributed by atoms with Gasteiger partial charge in [0.05, 0.1) is 37.5 Å². The molecule has 0 atom stereocenters. The summed E-state index contributed by atoms with van der Waals surface area (Å²) in [4.78, 5) is 35.9. The number of rotatable bonds is 11.